The summed E-state index contributed by atoms with van der Waals surface area (Å²) in [5.41, 5.74) is 0.757. The lowest BCUT2D eigenvalue weighted by Crippen LogP contribution is -2.31. The average Bonchev–Trinajstić information content (AvgIpc) is 3.33. The first-order valence-corrected chi connectivity index (χ1v) is 9.82. The van der Waals surface area contributed by atoms with Gasteiger partial charge in [0.25, 0.3) is 5.62 Å². The van der Waals surface area contributed by atoms with Crippen molar-refractivity contribution in [2.75, 3.05) is 5.32 Å². The van der Waals surface area contributed by atoms with E-state index in [1.54, 1.807) is 16.8 Å². The highest BCUT2D eigenvalue weighted by molar-refractivity contribution is 5.57. The largest absolute Gasteiger partial charge is 0.493 e. The van der Waals surface area contributed by atoms with Crippen LogP contribution in [0.2, 0.25) is 0 Å². The molecule has 0 bridgehead atoms. The predicted octanol–water partition coefficient (Wildman–Crippen LogP) is -0.827. The van der Waals surface area contributed by atoms with Gasteiger partial charge < -0.3 is 20.5 Å². The Kier molecular flexibility index (Phi) is 4.31. The summed E-state index contributed by atoms with van der Waals surface area (Å²) in [6, 6.07) is 0.447. The van der Waals surface area contributed by atoms with Crippen LogP contribution in [0.5, 0.6) is 5.88 Å². The second-order valence-corrected chi connectivity index (χ2v) is 7.68. The maximum absolute atomic E-state index is 11.4. The number of hydrogen-bond donors (Lipinski definition) is 5. The highest BCUT2D eigenvalue weighted by Crippen LogP contribution is 2.23. The number of aromatic nitrogens is 6. The fourth-order valence-corrected chi connectivity index (χ4v) is 3.55. The van der Waals surface area contributed by atoms with Gasteiger partial charge in [-0.1, -0.05) is 0 Å². The van der Waals surface area contributed by atoms with E-state index in [0.717, 1.165) is 38.5 Å². The maximum Gasteiger partial charge on any atom is 0.326 e. The molecule has 3 heterocycles. The highest BCUT2D eigenvalue weighted by Gasteiger charge is 2.22. The minimum Gasteiger partial charge on any atom is -0.493 e. The van der Waals surface area contributed by atoms with Crippen LogP contribution < -0.4 is 21.8 Å². The zero-order valence-electron chi connectivity index (χ0n) is 15.7. The average molecular weight is 398 g/mol. The molecule has 11 nitrogen and oxygen atoms in total. The summed E-state index contributed by atoms with van der Waals surface area (Å²) in [6.07, 6.45) is 8.25. The Hall–Kier alpha value is -3.21. The maximum atomic E-state index is 11.4. The fourth-order valence-electron chi connectivity index (χ4n) is 3.55. The van der Waals surface area contributed by atoms with E-state index in [0.29, 0.717) is 22.4 Å². The van der Waals surface area contributed by atoms with Gasteiger partial charge in [-0.25, -0.2) is 9.79 Å². The predicted molar refractivity (Wildman–Crippen MR) is 103 cm³/mol. The molecule has 29 heavy (non-hydrogen) atoms. The van der Waals surface area contributed by atoms with E-state index in [4.69, 9.17) is 0 Å². The number of fused-ring (bicyclic) bond motifs is 1. The molecule has 5 rings (SSSR count). The molecule has 2 saturated carbocycles. The van der Waals surface area contributed by atoms with Crippen LogP contribution in [0.4, 0.5) is 5.95 Å². The molecule has 2 aliphatic rings. The normalized spacial score (nSPS) is 23.8. The van der Waals surface area contributed by atoms with Gasteiger partial charge in [0.15, 0.2) is 5.65 Å². The van der Waals surface area contributed by atoms with E-state index >= 15 is 0 Å². The number of aromatic amines is 2. The molecule has 3 aromatic rings. The van der Waals surface area contributed by atoms with Gasteiger partial charge in [-0.2, -0.15) is 19.6 Å². The molecule has 11 heteroatoms. The van der Waals surface area contributed by atoms with Crippen molar-refractivity contribution in [1.82, 2.24) is 29.5 Å². The van der Waals surface area contributed by atoms with Crippen molar-refractivity contribution in [1.29, 1.82) is 0 Å². The van der Waals surface area contributed by atoms with E-state index in [9.17, 15) is 15.0 Å². The van der Waals surface area contributed by atoms with Gasteiger partial charge in [0, 0.05) is 11.3 Å². The third kappa shape index (κ3) is 3.73. The lowest BCUT2D eigenvalue weighted by Gasteiger charge is -2.26. The number of aliphatic hydroxyl groups excluding tert-OH is 1. The highest BCUT2D eigenvalue weighted by atomic mass is 16.3. The monoisotopic (exact) mass is 398 g/mol. The molecule has 0 aliphatic heterocycles. The number of hydrogen-bond acceptors (Lipinski definition) is 8. The minimum atomic E-state index is -0.494. The molecule has 3 aromatic heterocycles. The number of H-pyrrole nitrogens is 2. The molecule has 0 saturated heterocycles. The molecule has 152 valence electrons. The van der Waals surface area contributed by atoms with Gasteiger partial charge in [0.2, 0.25) is 11.8 Å². The molecule has 0 aromatic carbocycles. The van der Waals surface area contributed by atoms with Gasteiger partial charge in [-0.3, -0.25) is 4.98 Å². The SMILES string of the molecule is O=c1[nH]c(O)c(C=c2cnn3c(=NC4CC4)nc(NC4CCC(O)CC4)nc23)[nH]1. The Balaban J connectivity index is 1.59. The second kappa shape index (κ2) is 6.99. The van der Waals surface area contributed by atoms with Crippen molar-refractivity contribution < 1.29 is 10.2 Å². The van der Waals surface area contributed by atoms with Gasteiger partial charge in [-0.05, 0) is 44.6 Å². The summed E-state index contributed by atoms with van der Waals surface area (Å²) in [7, 11) is 0. The molecule has 2 fully saturated rings. The first-order valence-electron chi connectivity index (χ1n) is 9.82. The van der Waals surface area contributed by atoms with Crippen molar-refractivity contribution in [2.45, 2.75) is 56.7 Å². The fraction of sp³-hybridized carbons (Fsp3) is 0.500. The topological polar surface area (TPSA) is 157 Å². The van der Waals surface area contributed by atoms with E-state index in [-0.39, 0.29) is 29.8 Å². The Bertz CT molecular complexity index is 1210. The molecular weight excluding hydrogens is 376 g/mol. The summed E-state index contributed by atoms with van der Waals surface area (Å²) < 4.78 is 1.57. The number of aliphatic hydroxyl groups is 1. The molecule has 2 aliphatic carbocycles. The Morgan fingerprint density at radius 2 is 1.97 bits per heavy atom. The standard InChI is InChI=1S/C18H22N8O3/c27-12-5-3-10(4-6-12)20-16-23-14-9(7-13-15(28)24-18(29)22-13)8-19-26(14)17(25-16)21-11-1-2-11/h7-8,10-12,27-28H,1-6H2,(H,20,21,25)(H2,22,24,29). The van der Waals surface area contributed by atoms with Crippen molar-refractivity contribution in [3.05, 3.63) is 33.2 Å². The van der Waals surface area contributed by atoms with Crippen molar-refractivity contribution in [3.8, 4) is 5.88 Å². The van der Waals surface area contributed by atoms with Crippen molar-refractivity contribution in [3.63, 3.8) is 0 Å². The van der Waals surface area contributed by atoms with Crippen LogP contribution in [0, 0.1) is 0 Å². The lowest BCUT2D eigenvalue weighted by atomic mass is 9.93. The summed E-state index contributed by atoms with van der Waals surface area (Å²) in [5.74, 6) is 0.214. The van der Waals surface area contributed by atoms with Gasteiger partial charge >= 0.3 is 5.69 Å². The third-order valence-electron chi connectivity index (χ3n) is 5.29. The minimum absolute atomic E-state index is 0.190. The molecule has 0 spiro atoms. The van der Waals surface area contributed by atoms with Crippen molar-refractivity contribution >= 4 is 17.7 Å². The van der Waals surface area contributed by atoms with Gasteiger partial charge in [0.05, 0.1) is 18.3 Å². The molecule has 0 amide bonds. The van der Waals surface area contributed by atoms with Crippen LogP contribution in [0.25, 0.3) is 11.7 Å². The summed E-state index contributed by atoms with van der Waals surface area (Å²) in [4.78, 5) is 30.0. The van der Waals surface area contributed by atoms with Crippen LogP contribution in [-0.4, -0.2) is 58.0 Å². The second-order valence-electron chi connectivity index (χ2n) is 7.68. The summed E-state index contributed by atoms with van der Waals surface area (Å²) in [6.45, 7) is 0. The number of imidazole rings is 1. The van der Waals surface area contributed by atoms with E-state index in [1.807, 2.05) is 0 Å². The van der Waals surface area contributed by atoms with Crippen LogP contribution in [-0.2, 0) is 0 Å². The molecule has 0 unspecified atom stereocenters. The first-order chi connectivity index (χ1) is 14.0. The number of aromatic hydroxyl groups is 1. The Labute approximate surface area is 164 Å². The quantitative estimate of drug-likeness (QED) is 0.384. The number of nitrogens with zero attached hydrogens (tertiary/aromatic N) is 5. The van der Waals surface area contributed by atoms with Crippen LogP contribution in [0.15, 0.2) is 16.0 Å². The zero-order valence-corrected chi connectivity index (χ0v) is 15.7. The Morgan fingerprint density at radius 1 is 1.17 bits per heavy atom. The lowest BCUT2D eigenvalue weighted by molar-refractivity contribution is 0.126. The van der Waals surface area contributed by atoms with E-state index in [2.05, 4.69) is 35.3 Å². The third-order valence-corrected chi connectivity index (χ3v) is 5.29. The van der Waals surface area contributed by atoms with Crippen LogP contribution in [0.3, 0.4) is 0 Å². The molecule has 0 atom stereocenters. The Morgan fingerprint density at radius 3 is 2.66 bits per heavy atom. The summed E-state index contributed by atoms with van der Waals surface area (Å²) >= 11 is 0. The zero-order chi connectivity index (χ0) is 20.0. The van der Waals surface area contributed by atoms with E-state index < -0.39 is 5.69 Å². The summed E-state index contributed by atoms with van der Waals surface area (Å²) in [5, 5.41) is 27.9. The molecular formula is C18H22N8O3. The molecule has 5 N–H and O–H groups in total. The van der Waals surface area contributed by atoms with E-state index in [1.165, 1.54) is 0 Å². The smallest absolute Gasteiger partial charge is 0.326 e. The van der Waals surface area contributed by atoms with Crippen molar-refractivity contribution in [2.24, 2.45) is 4.99 Å². The number of rotatable bonds is 4. The first kappa shape index (κ1) is 17.9. The number of anilines is 1. The number of nitrogens with one attached hydrogen (secondary N) is 3. The molecule has 0 radical (unpaired) electrons. The van der Waals surface area contributed by atoms with Crippen LogP contribution >= 0.6 is 0 Å². The van der Waals surface area contributed by atoms with Gasteiger partial charge in [-0.15, -0.1) is 0 Å². The van der Waals surface area contributed by atoms with Crippen LogP contribution in [0.1, 0.15) is 44.2 Å². The van der Waals surface area contributed by atoms with Gasteiger partial charge in [0.1, 0.15) is 5.69 Å².